The summed E-state index contributed by atoms with van der Waals surface area (Å²) < 4.78 is 4.61. The Hall–Kier alpha value is -2.89. The molecule has 1 heterocycles. The molecule has 0 spiro atoms. The van der Waals surface area contributed by atoms with E-state index >= 15 is 0 Å². The van der Waals surface area contributed by atoms with Gasteiger partial charge < -0.3 is 15.0 Å². The highest BCUT2D eigenvalue weighted by molar-refractivity contribution is 6.07. The summed E-state index contributed by atoms with van der Waals surface area (Å²) in [5.74, 6) is -0.0555. The molecule has 1 aliphatic heterocycles. The van der Waals surface area contributed by atoms with Crippen molar-refractivity contribution in [1.82, 2.24) is 10.2 Å². The molecule has 0 aromatic heterocycles. The average molecular weight is 396 g/mol. The lowest BCUT2D eigenvalue weighted by Gasteiger charge is -2.33. The summed E-state index contributed by atoms with van der Waals surface area (Å²) in [4.78, 5) is 38.2. The molecule has 0 radical (unpaired) electrons. The van der Waals surface area contributed by atoms with E-state index in [1.165, 1.54) is 7.11 Å². The molecule has 0 saturated carbocycles. The number of nitrogens with zero attached hydrogens (tertiary/aromatic N) is 1. The minimum Gasteiger partial charge on any atom is -0.469 e. The van der Waals surface area contributed by atoms with Crippen LogP contribution in [0.15, 0.2) is 42.5 Å². The number of nitrogens with one attached hydrogen (secondary N) is 1. The van der Waals surface area contributed by atoms with Crippen molar-refractivity contribution in [2.45, 2.75) is 32.1 Å². The number of rotatable bonds is 7. The Labute approximate surface area is 171 Å². The SMILES string of the molecule is COC(=O)CCCC(=O)N1CCCC(CNC(=O)c2cccc3ccccc23)C1. The third-order valence-electron chi connectivity index (χ3n) is 5.46. The van der Waals surface area contributed by atoms with Gasteiger partial charge in [0, 0.05) is 38.0 Å². The van der Waals surface area contributed by atoms with E-state index in [4.69, 9.17) is 0 Å². The van der Waals surface area contributed by atoms with Gasteiger partial charge in [0.25, 0.3) is 5.91 Å². The van der Waals surface area contributed by atoms with E-state index in [2.05, 4.69) is 10.1 Å². The van der Waals surface area contributed by atoms with Gasteiger partial charge in [-0.05, 0) is 42.0 Å². The van der Waals surface area contributed by atoms with E-state index in [1.54, 1.807) is 0 Å². The number of carbonyl (C=O) groups is 3. The fraction of sp³-hybridized carbons (Fsp3) is 0.435. The molecule has 2 aromatic carbocycles. The van der Waals surface area contributed by atoms with Crippen LogP contribution >= 0.6 is 0 Å². The normalized spacial score (nSPS) is 16.4. The predicted octanol–water partition coefficient (Wildman–Crippen LogP) is 3.15. The van der Waals surface area contributed by atoms with Gasteiger partial charge in [-0.3, -0.25) is 14.4 Å². The summed E-state index contributed by atoms with van der Waals surface area (Å²) in [6.45, 7) is 1.94. The van der Waals surface area contributed by atoms with Crippen LogP contribution in [0.2, 0.25) is 0 Å². The number of methoxy groups -OCH3 is 1. The lowest BCUT2D eigenvalue weighted by Crippen LogP contribution is -2.43. The second kappa shape index (κ2) is 10.0. The van der Waals surface area contributed by atoms with Crippen LogP contribution in [0.4, 0.5) is 0 Å². The molecule has 29 heavy (non-hydrogen) atoms. The first-order valence-electron chi connectivity index (χ1n) is 10.2. The molecule has 3 rings (SSSR count). The summed E-state index contributed by atoms with van der Waals surface area (Å²) in [5.41, 5.74) is 0.676. The maximum absolute atomic E-state index is 12.7. The minimum atomic E-state index is -0.287. The van der Waals surface area contributed by atoms with Gasteiger partial charge >= 0.3 is 5.97 Å². The number of amides is 2. The van der Waals surface area contributed by atoms with E-state index in [9.17, 15) is 14.4 Å². The fourth-order valence-electron chi connectivity index (χ4n) is 3.86. The highest BCUT2D eigenvalue weighted by Crippen LogP contribution is 2.20. The number of hydrogen-bond donors (Lipinski definition) is 1. The molecule has 0 bridgehead atoms. The van der Waals surface area contributed by atoms with Crippen LogP contribution in [-0.2, 0) is 14.3 Å². The van der Waals surface area contributed by atoms with E-state index in [-0.39, 0.29) is 30.1 Å². The topological polar surface area (TPSA) is 75.7 Å². The quantitative estimate of drug-likeness (QED) is 0.730. The van der Waals surface area contributed by atoms with E-state index in [0.717, 1.165) is 30.2 Å². The second-order valence-corrected chi connectivity index (χ2v) is 7.51. The molecule has 1 atom stereocenters. The smallest absolute Gasteiger partial charge is 0.305 e. The zero-order valence-electron chi connectivity index (χ0n) is 16.9. The number of esters is 1. The first-order chi connectivity index (χ1) is 14.1. The van der Waals surface area contributed by atoms with Crippen LogP contribution in [0, 0.1) is 5.92 Å². The van der Waals surface area contributed by atoms with Crippen molar-refractivity contribution in [2.75, 3.05) is 26.7 Å². The van der Waals surface area contributed by atoms with E-state index < -0.39 is 0 Å². The number of ether oxygens (including phenoxy) is 1. The molecule has 2 amide bonds. The molecule has 6 nitrogen and oxygen atoms in total. The Morgan fingerprint density at radius 1 is 1.10 bits per heavy atom. The zero-order valence-corrected chi connectivity index (χ0v) is 16.9. The summed E-state index contributed by atoms with van der Waals surface area (Å²) in [6.07, 6.45) is 3.04. The number of hydrogen-bond acceptors (Lipinski definition) is 4. The third-order valence-corrected chi connectivity index (χ3v) is 5.46. The average Bonchev–Trinajstić information content (AvgIpc) is 2.77. The van der Waals surface area contributed by atoms with Crippen LogP contribution in [-0.4, -0.2) is 49.4 Å². The molecule has 1 unspecified atom stereocenters. The van der Waals surface area contributed by atoms with Crippen molar-refractivity contribution in [3.05, 3.63) is 48.0 Å². The Morgan fingerprint density at radius 2 is 1.90 bits per heavy atom. The first-order valence-corrected chi connectivity index (χ1v) is 10.2. The van der Waals surface area contributed by atoms with Crippen molar-refractivity contribution in [3.8, 4) is 0 Å². The Balaban J connectivity index is 1.51. The van der Waals surface area contributed by atoms with Gasteiger partial charge in [-0.15, -0.1) is 0 Å². The summed E-state index contributed by atoms with van der Waals surface area (Å²) >= 11 is 0. The molecule has 1 saturated heterocycles. The molecule has 0 aliphatic carbocycles. The number of piperidine rings is 1. The summed E-state index contributed by atoms with van der Waals surface area (Å²) in [6, 6.07) is 13.6. The molecule has 1 N–H and O–H groups in total. The van der Waals surface area contributed by atoms with Gasteiger partial charge in [0.2, 0.25) is 5.91 Å². The van der Waals surface area contributed by atoms with Gasteiger partial charge in [-0.2, -0.15) is 0 Å². The first kappa shape index (κ1) is 20.8. The van der Waals surface area contributed by atoms with Crippen molar-refractivity contribution < 1.29 is 19.1 Å². The minimum absolute atomic E-state index is 0.0685. The number of likely N-dealkylation sites (tertiary alicyclic amines) is 1. The van der Waals surface area contributed by atoms with Crippen LogP contribution in [0.1, 0.15) is 42.5 Å². The molecular formula is C23H28N2O4. The Morgan fingerprint density at radius 3 is 2.72 bits per heavy atom. The molecular weight excluding hydrogens is 368 g/mol. The maximum atomic E-state index is 12.7. The highest BCUT2D eigenvalue weighted by atomic mass is 16.5. The van der Waals surface area contributed by atoms with Gasteiger partial charge in [0.1, 0.15) is 0 Å². The lowest BCUT2D eigenvalue weighted by molar-refractivity contribution is -0.141. The van der Waals surface area contributed by atoms with Gasteiger partial charge in [-0.1, -0.05) is 36.4 Å². The highest BCUT2D eigenvalue weighted by Gasteiger charge is 2.24. The van der Waals surface area contributed by atoms with Crippen molar-refractivity contribution >= 4 is 28.6 Å². The van der Waals surface area contributed by atoms with E-state index in [0.29, 0.717) is 31.5 Å². The van der Waals surface area contributed by atoms with Crippen LogP contribution in [0.5, 0.6) is 0 Å². The van der Waals surface area contributed by atoms with Crippen LogP contribution < -0.4 is 5.32 Å². The standard InChI is InChI=1S/C23H28N2O4/c1-29-22(27)13-5-12-21(26)25-14-6-7-17(16-25)15-24-23(28)20-11-4-9-18-8-2-3-10-19(18)20/h2-4,8-11,17H,5-7,12-16H2,1H3,(H,24,28). The number of benzene rings is 2. The van der Waals surface area contributed by atoms with E-state index in [1.807, 2.05) is 47.4 Å². The maximum Gasteiger partial charge on any atom is 0.305 e. The molecule has 154 valence electrons. The largest absolute Gasteiger partial charge is 0.469 e. The summed E-state index contributed by atoms with van der Waals surface area (Å²) in [7, 11) is 1.35. The van der Waals surface area contributed by atoms with Gasteiger partial charge in [0.05, 0.1) is 7.11 Å². The summed E-state index contributed by atoms with van der Waals surface area (Å²) in [5, 5.41) is 5.03. The Kier molecular flexibility index (Phi) is 7.22. The number of carbonyl (C=O) groups excluding carboxylic acids is 3. The molecule has 2 aromatic rings. The monoisotopic (exact) mass is 396 g/mol. The van der Waals surface area contributed by atoms with Crippen LogP contribution in [0.3, 0.4) is 0 Å². The predicted molar refractivity (Wildman–Crippen MR) is 111 cm³/mol. The van der Waals surface area contributed by atoms with Crippen LogP contribution in [0.25, 0.3) is 10.8 Å². The number of fused-ring (bicyclic) bond motifs is 1. The second-order valence-electron chi connectivity index (χ2n) is 7.51. The third kappa shape index (κ3) is 5.56. The molecule has 1 fully saturated rings. The van der Waals surface area contributed by atoms with Gasteiger partial charge in [-0.25, -0.2) is 0 Å². The Bertz CT molecular complexity index is 875. The lowest BCUT2D eigenvalue weighted by atomic mass is 9.97. The fourth-order valence-corrected chi connectivity index (χ4v) is 3.86. The molecule has 6 heteroatoms. The van der Waals surface area contributed by atoms with Gasteiger partial charge in [0.15, 0.2) is 0 Å². The van der Waals surface area contributed by atoms with Crippen molar-refractivity contribution in [3.63, 3.8) is 0 Å². The molecule has 1 aliphatic rings. The van der Waals surface area contributed by atoms with Crippen molar-refractivity contribution in [1.29, 1.82) is 0 Å². The zero-order chi connectivity index (χ0) is 20.6. The van der Waals surface area contributed by atoms with Crippen molar-refractivity contribution in [2.24, 2.45) is 5.92 Å².